The van der Waals surface area contributed by atoms with E-state index in [9.17, 15) is 14.4 Å². The Morgan fingerprint density at radius 2 is 1.36 bits per heavy atom. The highest BCUT2D eigenvalue weighted by atomic mass is 16.5. The van der Waals surface area contributed by atoms with Gasteiger partial charge in [0.05, 0.1) is 0 Å². The molecule has 0 N–H and O–H groups in total. The topological polar surface area (TPSA) is 97.5 Å². The number of ether oxygens (including phenoxy) is 1. The molecule has 0 amide bonds. The van der Waals surface area contributed by atoms with Crippen LogP contribution in [0.25, 0.3) is 0 Å². The molecule has 0 saturated heterocycles. The van der Waals surface area contributed by atoms with Gasteiger partial charge >= 0.3 is 0 Å². The third-order valence-corrected chi connectivity index (χ3v) is 2.54. The van der Waals surface area contributed by atoms with Gasteiger partial charge < -0.3 is 4.74 Å². The third kappa shape index (κ3) is 3.28. The van der Waals surface area contributed by atoms with Crippen LogP contribution in [0.2, 0.25) is 0 Å². The number of aliphatic imine (C=N–C) groups is 3. The average Bonchev–Trinajstić information content (AvgIpc) is 2.54. The molecule has 0 atom stereocenters. The minimum absolute atomic E-state index is 0.00719. The highest BCUT2D eigenvalue weighted by molar-refractivity contribution is 5.84. The average molecular weight is 293 g/mol. The Hall–Kier alpha value is -3.62. The number of nitrogens with zero attached hydrogens (tertiary/aromatic N) is 3. The van der Waals surface area contributed by atoms with Crippen molar-refractivity contribution in [2.75, 3.05) is 0 Å². The smallest absolute Gasteiger partial charge is 0.240 e. The minimum atomic E-state index is -0.130. The Labute approximate surface area is 124 Å². The van der Waals surface area contributed by atoms with Crippen LogP contribution in [0.15, 0.2) is 57.4 Å². The molecule has 0 aliphatic rings. The van der Waals surface area contributed by atoms with Crippen molar-refractivity contribution in [3.8, 4) is 11.5 Å². The van der Waals surface area contributed by atoms with E-state index in [0.717, 1.165) is 0 Å². The second-order valence-electron chi connectivity index (χ2n) is 3.80. The van der Waals surface area contributed by atoms with Gasteiger partial charge in [0.2, 0.25) is 18.2 Å². The molecule has 2 rings (SSSR count). The normalized spacial score (nSPS) is 8.91. The number of para-hydroxylation sites is 1. The maximum Gasteiger partial charge on any atom is 0.240 e. The number of isocyanates is 3. The molecule has 106 valence electrons. The molecule has 0 aliphatic carbocycles. The quantitative estimate of drug-likeness (QED) is 0.623. The molecule has 0 unspecified atom stereocenters. The number of rotatable bonds is 5. The van der Waals surface area contributed by atoms with E-state index in [4.69, 9.17) is 4.74 Å². The first-order valence-corrected chi connectivity index (χ1v) is 5.93. The van der Waals surface area contributed by atoms with Crippen molar-refractivity contribution in [1.82, 2.24) is 0 Å². The summed E-state index contributed by atoms with van der Waals surface area (Å²) in [7, 11) is 0. The maximum atomic E-state index is 10.6. The number of hydrogen-bond acceptors (Lipinski definition) is 7. The lowest BCUT2D eigenvalue weighted by Gasteiger charge is -2.09. The first-order valence-electron chi connectivity index (χ1n) is 5.93. The molecule has 0 radical (unpaired) electrons. The summed E-state index contributed by atoms with van der Waals surface area (Å²) in [5.74, 6) is 0.630. The summed E-state index contributed by atoms with van der Waals surface area (Å²) < 4.78 is 5.58. The Balaban J connectivity index is 2.63. The fourth-order valence-electron chi connectivity index (χ4n) is 1.70. The summed E-state index contributed by atoms with van der Waals surface area (Å²) in [4.78, 5) is 41.8. The molecule has 0 heterocycles. The molecule has 22 heavy (non-hydrogen) atoms. The summed E-state index contributed by atoms with van der Waals surface area (Å²) >= 11 is 0. The standard InChI is InChI=1S/C15H7N3O4/c19-8-16-12-6-7-13(22-11-4-2-1-3-5-11)15(18-10-21)14(12)17-9-20/h1-7H. The second kappa shape index (κ2) is 7.24. The number of hydrogen-bond donors (Lipinski definition) is 0. The van der Waals surface area contributed by atoms with Crippen LogP contribution in [0.5, 0.6) is 11.5 Å². The molecule has 7 heteroatoms. The molecule has 0 aromatic heterocycles. The van der Waals surface area contributed by atoms with Crippen molar-refractivity contribution in [3.05, 3.63) is 42.5 Å². The van der Waals surface area contributed by atoms with E-state index < -0.39 is 0 Å². The molecule has 0 saturated carbocycles. The van der Waals surface area contributed by atoms with Crippen molar-refractivity contribution < 1.29 is 19.1 Å². The Kier molecular flexibility index (Phi) is 4.86. The van der Waals surface area contributed by atoms with Gasteiger partial charge in [0.1, 0.15) is 22.8 Å². The van der Waals surface area contributed by atoms with E-state index in [1.807, 2.05) is 0 Å². The highest BCUT2D eigenvalue weighted by Gasteiger charge is 2.15. The molecule has 0 spiro atoms. The Bertz CT molecular complexity index is 829. The largest absolute Gasteiger partial charge is 0.455 e. The van der Waals surface area contributed by atoms with Crippen molar-refractivity contribution >= 4 is 35.3 Å². The van der Waals surface area contributed by atoms with Crippen LogP contribution in [-0.2, 0) is 14.4 Å². The fourth-order valence-corrected chi connectivity index (χ4v) is 1.70. The van der Waals surface area contributed by atoms with Crippen LogP contribution in [0.3, 0.4) is 0 Å². The van der Waals surface area contributed by atoms with Gasteiger partial charge in [-0.05, 0) is 24.3 Å². The zero-order chi connectivity index (χ0) is 15.8. The molecule has 0 aliphatic heterocycles. The van der Waals surface area contributed by atoms with Gasteiger partial charge in [-0.25, -0.2) is 14.4 Å². The molecule has 2 aromatic rings. The van der Waals surface area contributed by atoms with E-state index in [1.54, 1.807) is 30.3 Å². The molecule has 2 aromatic carbocycles. The summed E-state index contributed by atoms with van der Waals surface area (Å²) in [6, 6.07) is 11.5. The van der Waals surface area contributed by atoms with Gasteiger partial charge in [-0.15, -0.1) is 0 Å². The van der Waals surface area contributed by atoms with Crippen LogP contribution < -0.4 is 4.74 Å². The van der Waals surface area contributed by atoms with Crippen LogP contribution in [-0.4, -0.2) is 18.2 Å². The minimum Gasteiger partial charge on any atom is -0.455 e. The SMILES string of the molecule is O=C=Nc1ccc(Oc2ccccc2)c(N=C=O)c1N=C=O. The third-order valence-electron chi connectivity index (χ3n) is 2.54. The van der Waals surface area contributed by atoms with E-state index in [1.165, 1.54) is 30.4 Å². The van der Waals surface area contributed by atoms with Crippen LogP contribution in [0.1, 0.15) is 0 Å². The summed E-state index contributed by atoms with van der Waals surface area (Å²) in [6.07, 6.45) is 3.98. The van der Waals surface area contributed by atoms with Crippen molar-refractivity contribution in [2.24, 2.45) is 15.0 Å². The molecule has 0 fully saturated rings. The number of benzene rings is 2. The molecular formula is C15H7N3O4. The highest BCUT2D eigenvalue weighted by Crippen LogP contribution is 2.45. The van der Waals surface area contributed by atoms with Gasteiger partial charge in [0, 0.05) is 0 Å². The Morgan fingerprint density at radius 1 is 0.727 bits per heavy atom. The van der Waals surface area contributed by atoms with Crippen LogP contribution in [0.4, 0.5) is 17.1 Å². The van der Waals surface area contributed by atoms with Gasteiger partial charge in [0.25, 0.3) is 0 Å². The zero-order valence-corrected chi connectivity index (χ0v) is 11.0. The summed E-state index contributed by atoms with van der Waals surface area (Å²) in [5.41, 5.74) is -0.207. The summed E-state index contributed by atoms with van der Waals surface area (Å²) in [6.45, 7) is 0. The zero-order valence-electron chi connectivity index (χ0n) is 11.0. The Morgan fingerprint density at radius 3 is 2.00 bits per heavy atom. The maximum absolute atomic E-state index is 10.6. The van der Waals surface area contributed by atoms with E-state index >= 15 is 0 Å². The van der Waals surface area contributed by atoms with Gasteiger partial charge in [-0.1, -0.05) is 18.2 Å². The number of carbonyl (C=O) groups excluding carboxylic acids is 3. The van der Waals surface area contributed by atoms with Gasteiger partial charge in [0.15, 0.2) is 5.75 Å². The van der Waals surface area contributed by atoms with E-state index in [0.29, 0.717) is 5.75 Å². The lowest BCUT2D eigenvalue weighted by molar-refractivity contribution is 0.484. The first-order chi connectivity index (χ1) is 10.8. The first kappa shape index (κ1) is 14.8. The van der Waals surface area contributed by atoms with E-state index in [-0.39, 0.29) is 22.8 Å². The van der Waals surface area contributed by atoms with Gasteiger partial charge in [-0.2, -0.15) is 15.0 Å². The van der Waals surface area contributed by atoms with Crippen molar-refractivity contribution in [3.63, 3.8) is 0 Å². The van der Waals surface area contributed by atoms with E-state index in [2.05, 4.69) is 15.0 Å². The predicted molar refractivity (Wildman–Crippen MR) is 76.3 cm³/mol. The molecule has 7 nitrogen and oxygen atoms in total. The fraction of sp³-hybridized carbons (Fsp3) is 0. The van der Waals surface area contributed by atoms with Crippen molar-refractivity contribution in [2.45, 2.75) is 0 Å². The van der Waals surface area contributed by atoms with Gasteiger partial charge in [-0.3, -0.25) is 0 Å². The lowest BCUT2D eigenvalue weighted by Crippen LogP contribution is -1.85. The molecular weight excluding hydrogens is 286 g/mol. The molecule has 0 bridgehead atoms. The van der Waals surface area contributed by atoms with Crippen LogP contribution in [0, 0.1) is 0 Å². The monoisotopic (exact) mass is 293 g/mol. The van der Waals surface area contributed by atoms with Crippen LogP contribution >= 0.6 is 0 Å². The second-order valence-corrected chi connectivity index (χ2v) is 3.80. The predicted octanol–water partition coefficient (Wildman–Crippen LogP) is 3.38. The lowest BCUT2D eigenvalue weighted by atomic mass is 10.2. The summed E-state index contributed by atoms with van der Waals surface area (Å²) in [5, 5.41) is 0. The van der Waals surface area contributed by atoms with Crippen molar-refractivity contribution in [1.29, 1.82) is 0 Å².